The second kappa shape index (κ2) is 5.84. The molecule has 3 rings (SSSR count). The maximum Gasteiger partial charge on any atom is 0.327 e. The van der Waals surface area contributed by atoms with Crippen LogP contribution in [0.2, 0.25) is 0 Å². The van der Waals surface area contributed by atoms with Crippen LogP contribution in [0.3, 0.4) is 0 Å². The van der Waals surface area contributed by atoms with Gasteiger partial charge in [0.2, 0.25) is 0 Å². The van der Waals surface area contributed by atoms with Crippen LogP contribution < -0.4 is 5.32 Å². The van der Waals surface area contributed by atoms with Gasteiger partial charge in [-0.15, -0.1) is 23.1 Å². The number of thioether (sulfide) groups is 1. The number of rotatable bonds is 4. The molecule has 1 aliphatic carbocycles. The van der Waals surface area contributed by atoms with Gasteiger partial charge in [0.1, 0.15) is 11.0 Å². The molecule has 1 saturated carbocycles. The molecule has 0 bridgehead atoms. The molecule has 1 aliphatic heterocycles. The number of amides is 2. The molecule has 1 aromatic heterocycles. The summed E-state index contributed by atoms with van der Waals surface area (Å²) in [6.07, 6.45) is 3.93. The monoisotopic (exact) mass is 327 g/mol. The van der Waals surface area contributed by atoms with Crippen molar-refractivity contribution in [3.63, 3.8) is 0 Å². The van der Waals surface area contributed by atoms with Gasteiger partial charge < -0.3 is 10.4 Å². The molecule has 1 saturated heterocycles. The molecule has 0 aromatic carbocycles. The number of thiazole rings is 1. The summed E-state index contributed by atoms with van der Waals surface area (Å²) >= 11 is 3.12. The lowest BCUT2D eigenvalue weighted by Crippen LogP contribution is -2.50. The number of carbonyl (C=O) groups is 2. The number of aryl methyl sites for hydroxylation is 1. The first kappa shape index (κ1) is 14.6. The molecule has 1 aromatic rings. The molecule has 2 fully saturated rings. The number of hydrogen-bond donors (Lipinski definition) is 2. The minimum absolute atomic E-state index is 0.00383. The fourth-order valence-electron chi connectivity index (χ4n) is 2.45. The van der Waals surface area contributed by atoms with Crippen molar-refractivity contribution in [3.8, 4) is 0 Å². The zero-order chi connectivity index (χ0) is 15.0. The molecule has 2 heterocycles. The van der Waals surface area contributed by atoms with Gasteiger partial charge in [0.05, 0.1) is 11.9 Å². The largest absolute Gasteiger partial charge is 0.480 e. The third kappa shape index (κ3) is 3.16. The minimum atomic E-state index is -0.925. The summed E-state index contributed by atoms with van der Waals surface area (Å²) < 4.78 is 0. The standard InChI is InChI=1S/C13H17N3O3S2/c1-7-4-14-10(21-7)5-15-13(19)16-9(12(17)18)6-20-11(16)8-2-3-8/h4,8-9,11H,2-3,5-6H2,1H3,(H,15,19)(H,17,18). The summed E-state index contributed by atoms with van der Waals surface area (Å²) in [4.78, 5) is 30.5. The number of urea groups is 1. The number of nitrogens with zero attached hydrogens (tertiary/aromatic N) is 2. The van der Waals surface area contributed by atoms with Gasteiger partial charge >= 0.3 is 12.0 Å². The Labute approximate surface area is 130 Å². The molecular weight excluding hydrogens is 310 g/mol. The van der Waals surface area contributed by atoms with Crippen LogP contribution in [-0.2, 0) is 11.3 Å². The maximum atomic E-state index is 12.4. The highest BCUT2D eigenvalue weighted by Gasteiger charge is 2.48. The summed E-state index contributed by atoms with van der Waals surface area (Å²) in [5.41, 5.74) is 0. The number of hydrogen-bond acceptors (Lipinski definition) is 5. The van der Waals surface area contributed by atoms with E-state index in [1.165, 1.54) is 16.2 Å². The summed E-state index contributed by atoms with van der Waals surface area (Å²) in [5.74, 6) is -0.00148. The number of aromatic nitrogens is 1. The molecule has 0 spiro atoms. The lowest BCUT2D eigenvalue weighted by atomic mass is 10.2. The van der Waals surface area contributed by atoms with Crippen molar-refractivity contribution in [3.05, 3.63) is 16.1 Å². The van der Waals surface area contributed by atoms with E-state index in [4.69, 9.17) is 0 Å². The van der Waals surface area contributed by atoms with E-state index in [1.54, 1.807) is 18.0 Å². The van der Waals surface area contributed by atoms with Crippen molar-refractivity contribution in [2.24, 2.45) is 5.92 Å². The molecule has 2 N–H and O–H groups in total. The number of carboxylic acids is 1. The number of nitrogens with one attached hydrogen (secondary N) is 1. The molecule has 6 nitrogen and oxygen atoms in total. The first-order chi connectivity index (χ1) is 10.1. The van der Waals surface area contributed by atoms with Crippen LogP contribution in [0.25, 0.3) is 0 Å². The summed E-state index contributed by atoms with van der Waals surface area (Å²) in [6.45, 7) is 2.31. The molecule has 21 heavy (non-hydrogen) atoms. The van der Waals surface area contributed by atoms with Crippen LogP contribution in [-0.4, -0.2) is 44.2 Å². The minimum Gasteiger partial charge on any atom is -0.480 e. The van der Waals surface area contributed by atoms with E-state index in [2.05, 4.69) is 10.3 Å². The van der Waals surface area contributed by atoms with E-state index in [1.807, 2.05) is 6.92 Å². The molecule has 114 valence electrons. The zero-order valence-corrected chi connectivity index (χ0v) is 13.2. The second-order valence-electron chi connectivity index (χ2n) is 5.35. The van der Waals surface area contributed by atoms with Gasteiger partial charge in [-0.05, 0) is 25.7 Å². The third-order valence-electron chi connectivity index (χ3n) is 3.64. The molecule has 2 unspecified atom stereocenters. The van der Waals surface area contributed by atoms with Gasteiger partial charge in [-0.2, -0.15) is 0 Å². The van der Waals surface area contributed by atoms with Crippen molar-refractivity contribution in [2.45, 2.75) is 37.7 Å². The Kier molecular flexibility index (Phi) is 4.08. The van der Waals surface area contributed by atoms with Crippen LogP contribution in [0.15, 0.2) is 6.20 Å². The Bertz CT molecular complexity index is 559. The Morgan fingerprint density at radius 1 is 1.52 bits per heavy atom. The van der Waals surface area contributed by atoms with E-state index < -0.39 is 12.0 Å². The lowest BCUT2D eigenvalue weighted by molar-refractivity contribution is -0.141. The van der Waals surface area contributed by atoms with Crippen molar-refractivity contribution < 1.29 is 14.7 Å². The maximum absolute atomic E-state index is 12.4. The number of aliphatic carboxylic acids is 1. The van der Waals surface area contributed by atoms with Crippen molar-refractivity contribution in [1.82, 2.24) is 15.2 Å². The second-order valence-corrected chi connectivity index (χ2v) is 7.81. The van der Waals surface area contributed by atoms with Gasteiger partial charge in [0.15, 0.2) is 0 Å². The summed E-state index contributed by atoms with van der Waals surface area (Å²) in [5, 5.41) is 12.9. The van der Waals surface area contributed by atoms with Gasteiger partial charge in [-0.1, -0.05) is 0 Å². The fraction of sp³-hybridized carbons (Fsp3) is 0.615. The number of carbonyl (C=O) groups excluding carboxylic acids is 1. The van der Waals surface area contributed by atoms with Crippen molar-refractivity contribution >= 4 is 35.1 Å². The fourth-order valence-corrected chi connectivity index (χ4v) is 4.80. The van der Waals surface area contributed by atoms with Crippen molar-refractivity contribution in [1.29, 1.82) is 0 Å². The quantitative estimate of drug-likeness (QED) is 0.882. The van der Waals surface area contributed by atoms with Gasteiger partial charge in [0.25, 0.3) is 0 Å². The summed E-state index contributed by atoms with van der Waals surface area (Å²) in [7, 11) is 0. The highest BCUT2D eigenvalue weighted by atomic mass is 32.2. The molecule has 8 heteroatoms. The zero-order valence-electron chi connectivity index (χ0n) is 11.6. The van der Waals surface area contributed by atoms with Crippen LogP contribution in [0, 0.1) is 12.8 Å². The normalized spacial score (nSPS) is 25.1. The Morgan fingerprint density at radius 2 is 2.29 bits per heavy atom. The Hall–Kier alpha value is -1.28. The predicted molar refractivity (Wildman–Crippen MR) is 81.3 cm³/mol. The van der Waals surface area contributed by atoms with E-state index >= 15 is 0 Å². The topological polar surface area (TPSA) is 82.5 Å². The van der Waals surface area contributed by atoms with E-state index in [0.717, 1.165) is 22.7 Å². The van der Waals surface area contributed by atoms with Crippen LogP contribution in [0.1, 0.15) is 22.7 Å². The molecule has 2 amide bonds. The van der Waals surface area contributed by atoms with Crippen LogP contribution >= 0.6 is 23.1 Å². The van der Waals surface area contributed by atoms with E-state index in [9.17, 15) is 14.7 Å². The number of carboxylic acid groups (broad SMARTS) is 1. The molecule has 2 aliphatic rings. The highest BCUT2D eigenvalue weighted by Crippen LogP contribution is 2.45. The van der Waals surface area contributed by atoms with Gasteiger partial charge in [-0.3, -0.25) is 4.90 Å². The van der Waals surface area contributed by atoms with Crippen LogP contribution in [0.5, 0.6) is 0 Å². The average Bonchev–Trinajstić information content (AvgIpc) is 3.04. The molecule has 0 radical (unpaired) electrons. The molecule has 2 atom stereocenters. The molecular formula is C13H17N3O3S2. The predicted octanol–water partition coefficient (Wildman–Crippen LogP) is 1.90. The van der Waals surface area contributed by atoms with E-state index in [-0.39, 0.29) is 11.4 Å². The van der Waals surface area contributed by atoms with Gasteiger partial charge in [-0.25, -0.2) is 14.6 Å². The Balaban J connectivity index is 1.66. The van der Waals surface area contributed by atoms with E-state index in [0.29, 0.717) is 18.2 Å². The highest BCUT2D eigenvalue weighted by molar-refractivity contribution is 8.00. The average molecular weight is 327 g/mol. The first-order valence-corrected chi connectivity index (χ1v) is 8.74. The SMILES string of the molecule is Cc1cnc(CNC(=O)N2C(C(=O)O)CSC2C2CC2)s1. The first-order valence-electron chi connectivity index (χ1n) is 6.88. The van der Waals surface area contributed by atoms with Crippen LogP contribution in [0.4, 0.5) is 4.79 Å². The van der Waals surface area contributed by atoms with Gasteiger partial charge in [0, 0.05) is 16.8 Å². The Morgan fingerprint density at radius 3 is 2.86 bits per heavy atom. The van der Waals surface area contributed by atoms with Crippen molar-refractivity contribution in [2.75, 3.05) is 5.75 Å². The summed E-state index contributed by atoms with van der Waals surface area (Å²) in [6, 6.07) is -1.02. The lowest BCUT2D eigenvalue weighted by Gasteiger charge is -2.27. The smallest absolute Gasteiger partial charge is 0.327 e. The third-order valence-corrected chi connectivity index (χ3v) is 6.01.